The van der Waals surface area contributed by atoms with E-state index in [0.29, 0.717) is 28.7 Å². The molecule has 0 fully saturated rings. The lowest BCUT2D eigenvalue weighted by Gasteiger charge is -2.05. The van der Waals surface area contributed by atoms with E-state index in [1.165, 1.54) is 10.7 Å². The van der Waals surface area contributed by atoms with E-state index >= 15 is 0 Å². The van der Waals surface area contributed by atoms with Crippen LogP contribution in [0.4, 0.5) is 0 Å². The van der Waals surface area contributed by atoms with Gasteiger partial charge in [-0.15, -0.1) is 10.2 Å². The molecule has 128 valence electrons. The molecule has 0 unspecified atom stereocenters. The van der Waals surface area contributed by atoms with Crippen molar-refractivity contribution in [3.05, 3.63) is 87.7 Å². The van der Waals surface area contributed by atoms with E-state index in [1.54, 1.807) is 24.3 Å². The Bertz CT molecular complexity index is 1110. The second kappa shape index (κ2) is 6.93. The largest absolute Gasteiger partial charge is 0.415 e. The van der Waals surface area contributed by atoms with Crippen LogP contribution >= 0.6 is 11.6 Å². The average molecular weight is 365 g/mol. The SMILES string of the molecule is O=c1ccc(-c2nnc(-c3cccc(Cl)c3)o2)nn1Cc1ccccc1. The van der Waals surface area contributed by atoms with E-state index in [0.717, 1.165) is 5.56 Å². The predicted molar refractivity (Wildman–Crippen MR) is 97.8 cm³/mol. The molecule has 4 aromatic rings. The van der Waals surface area contributed by atoms with E-state index in [2.05, 4.69) is 15.3 Å². The maximum atomic E-state index is 12.1. The molecule has 0 spiro atoms. The van der Waals surface area contributed by atoms with Crippen molar-refractivity contribution in [3.8, 4) is 23.0 Å². The average Bonchev–Trinajstić information content (AvgIpc) is 3.15. The topological polar surface area (TPSA) is 73.8 Å². The molecule has 7 heteroatoms. The van der Waals surface area contributed by atoms with Gasteiger partial charge < -0.3 is 4.42 Å². The van der Waals surface area contributed by atoms with Crippen LogP contribution in [0.5, 0.6) is 0 Å². The highest BCUT2D eigenvalue weighted by atomic mass is 35.5. The summed E-state index contributed by atoms with van der Waals surface area (Å²) in [5, 5.41) is 13.0. The van der Waals surface area contributed by atoms with Crippen molar-refractivity contribution in [3.63, 3.8) is 0 Å². The fourth-order valence-corrected chi connectivity index (χ4v) is 2.69. The number of benzene rings is 2. The highest BCUT2D eigenvalue weighted by molar-refractivity contribution is 6.30. The van der Waals surface area contributed by atoms with Gasteiger partial charge >= 0.3 is 0 Å². The first kappa shape index (κ1) is 16.2. The first-order valence-electron chi connectivity index (χ1n) is 7.91. The predicted octanol–water partition coefficient (Wildman–Crippen LogP) is 3.66. The summed E-state index contributed by atoms with van der Waals surface area (Å²) in [7, 11) is 0. The maximum Gasteiger partial charge on any atom is 0.268 e. The van der Waals surface area contributed by atoms with Gasteiger partial charge in [-0.05, 0) is 29.8 Å². The van der Waals surface area contributed by atoms with Gasteiger partial charge in [0.1, 0.15) is 5.69 Å². The van der Waals surface area contributed by atoms with Gasteiger partial charge in [0, 0.05) is 16.7 Å². The Hall–Kier alpha value is -3.25. The molecular formula is C19H13ClN4O2. The smallest absolute Gasteiger partial charge is 0.268 e. The molecule has 2 heterocycles. The van der Waals surface area contributed by atoms with Crippen molar-refractivity contribution < 1.29 is 4.42 Å². The second-order valence-electron chi connectivity index (χ2n) is 5.62. The molecule has 0 amide bonds. The van der Waals surface area contributed by atoms with Crippen LogP contribution in [0.2, 0.25) is 5.02 Å². The zero-order valence-corrected chi connectivity index (χ0v) is 14.3. The normalized spacial score (nSPS) is 10.8. The van der Waals surface area contributed by atoms with E-state index < -0.39 is 0 Å². The molecule has 0 atom stereocenters. The van der Waals surface area contributed by atoms with Crippen LogP contribution in [0.1, 0.15) is 5.56 Å². The molecule has 0 aliphatic rings. The van der Waals surface area contributed by atoms with Crippen molar-refractivity contribution in [1.82, 2.24) is 20.0 Å². The lowest BCUT2D eigenvalue weighted by atomic mass is 10.2. The zero-order valence-electron chi connectivity index (χ0n) is 13.5. The van der Waals surface area contributed by atoms with Crippen LogP contribution in [0.15, 0.2) is 75.9 Å². The first-order valence-corrected chi connectivity index (χ1v) is 8.29. The van der Waals surface area contributed by atoms with Crippen molar-refractivity contribution in [1.29, 1.82) is 0 Å². The minimum Gasteiger partial charge on any atom is -0.415 e. The number of nitrogens with zero attached hydrogens (tertiary/aromatic N) is 4. The zero-order chi connectivity index (χ0) is 17.9. The van der Waals surface area contributed by atoms with Gasteiger partial charge in [0.25, 0.3) is 11.4 Å². The van der Waals surface area contributed by atoms with Crippen LogP contribution in [0.25, 0.3) is 23.0 Å². The highest BCUT2D eigenvalue weighted by Crippen LogP contribution is 2.24. The lowest BCUT2D eigenvalue weighted by molar-refractivity contribution is 0.570. The molecule has 0 saturated carbocycles. The Morgan fingerprint density at radius 2 is 1.73 bits per heavy atom. The summed E-state index contributed by atoms with van der Waals surface area (Å²) in [6.07, 6.45) is 0. The van der Waals surface area contributed by atoms with Crippen LogP contribution in [0, 0.1) is 0 Å². The van der Waals surface area contributed by atoms with E-state index in [9.17, 15) is 4.79 Å². The lowest BCUT2D eigenvalue weighted by Crippen LogP contribution is -2.22. The molecule has 0 saturated heterocycles. The molecule has 0 bridgehead atoms. The van der Waals surface area contributed by atoms with Gasteiger partial charge in [-0.3, -0.25) is 4.79 Å². The number of halogens is 1. The molecule has 0 aliphatic heterocycles. The molecule has 26 heavy (non-hydrogen) atoms. The minimum atomic E-state index is -0.202. The second-order valence-corrected chi connectivity index (χ2v) is 6.06. The molecule has 0 aliphatic carbocycles. The summed E-state index contributed by atoms with van der Waals surface area (Å²) in [5.74, 6) is 0.576. The van der Waals surface area contributed by atoms with E-state index in [-0.39, 0.29) is 11.4 Å². The molecule has 2 aromatic heterocycles. The summed E-state index contributed by atoms with van der Waals surface area (Å²) in [4.78, 5) is 12.1. The molecule has 4 rings (SSSR count). The van der Waals surface area contributed by atoms with Crippen LogP contribution in [-0.4, -0.2) is 20.0 Å². The summed E-state index contributed by atoms with van der Waals surface area (Å²) in [5.41, 5.74) is 1.92. The molecule has 0 N–H and O–H groups in total. The summed E-state index contributed by atoms with van der Waals surface area (Å²) < 4.78 is 7.07. The standard InChI is InChI=1S/C19H13ClN4O2/c20-15-8-4-7-14(11-15)18-21-22-19(26-18)16-9-10-17(25)24(23-16)12-13-5-2-1-3-6-13/h1-11H,12H2. The Kier molecular flexibility index (Phi) is 4.33. The number of rotatable bonds is 4. The fourth-order valence-electron chi connectivity index (χ4n) is 2.50. The third kappa shape index (κ3) is 3.41. The minimum absolute atomic E-state index is 0.202. The van der Waals surface area contributed by atoms with Crippen LogP contribution < -0.4 is 5.56 Å². The third-order valence-corrected chi connectivity index (χ3v) is 3.99. The number of hydrogen-bond acceptors (Lipinski definition) is 5. The quantitative estimate of drug-likeness (QED) is 0.552. The van der Waals surface area contributed by atoms with Gasteiger partial charge in [0.15, 0.2) is 0 Å². The van der Waals surface area contributed by atoms with E-state index in [4.69, 9.17) is 16.0 Å². The molecule has 6 nitrogen and oxygen atoms in total. The Morgan fingerprint density at radius 1 is 0.923 bits per heavy atom. The fraction of sp³-hybridized carbons (Fsp3) is 0.0526. The number of hydrogen-bond donors (Lipinski definition) is 0. The third-order valence-electron chi connectivity index (χ3n) is 3.76. The van der Waals surface area contributed by atoms with Gasteiger partial charge in [-0.25, -0.2) is 4.68 Å². The first-order chi connectivity index (χ1) is 12.7. The van der Waals surface area contributed by atoms with Crippen molar-refractivity contribution in [2.24, 2.45) is 0 Å². The summed E-state index contributed by atoms with van der Waals surface area (Å²) in [6, 6.07) is 19.8. The maximum absolute atomic E-state index is 12.1. The van der Waals surface area contributed by atoms with E-state index in [1.807, 2.05) is 36.4 Å². The molecule has 2 aromatic carbocycles. The van der Waals surface area contributed by atoms with Crippen LogP contribution in [0.3, 0.4) is 0 Å². The Morgan fingerprint density at radius 3 is 2.54 bits per heavy atom. The van der Waals surface area contributed by atoms with Crippen molar-refractivity contribution >= 4 is 11.6 Å². The Labute approximate surface area is 153 Å². The molecular weight excluding hydrogens is 352 g/mol. The van der Waals surface area contributed by atoms with Crippen molar-refractivity contribution in [2.45, 2.75) is 6.54 Å². The monoisotopic (exact) mass is 364 g/mol. The van der Waals surface area contributed by atoms with Gasteiger partial charge in [0.2, 0.25) is 5.89 Å². The van der Waals surface area contributed by atoms with Gasteiger partial charge in [-0.2, -0.15) is 5.10 Å². The highest BCUT2D eigenvalue weighted by Gasteiger charge is 2.13. The van der Waals surface area contributed by atoms with Crippen molar-refractivity contribution in [2.75, 3.05) is 0 Å². The summed E-state index contributed by atoms with van der Waals surface area (Å²) >= 11 is 5.99. The number of aromatic nitrogens is 4. The Balaban J connectivity index is 1.66. The molecule has 0 radical (unpaired) electrons. The van der Waals surface area contributed by atoms with Gasteiger partial charge in [0.05, 0.1) is 6.54 Å². The van der Waals surface area contributed by atoms with Gasteiger partial charge in [-0.1, -0.05) is 48.0 Å². The summed E-state index contributed by atoms with van der Waals surface area (Å²) in [6.45, 7) is 0.364. The van der Waals surface area contributed by atoms with Crippen LogP contribution in [-0.2, 0) is 6.54 Å².